The third-order valence-corrected chi connectivity index (χ3v) is 4.72. The molecule has 0 atom stereocenters. The van der Waals surface area contributed by atoms with E-state index in [4.69, 9.17) is 14.0 Å². The molecule has 0 radical (unpaired) electrons. The molecular formula is C18H25BN2O4. The van der Waals surface area contributed by atoms with Crippen LogP contribution in [0.5, 0.6) is 0 Å². The van der Waals surface area contributed by atoms with Crippen LogP contribution in [0.25, 0.3) is 10.9 Å². The summed E-state index contributed by atoms with van der Waals surface area (Å²) in [5.74, 6) is 0. The molecule has 6 nitrogen and oxygen atoms in total. The molecule has 0 aliphatic carbocycles. The maximum Gasteiger partial charge on any atom is 0.498 e. The standard InChI is InChI=1S/C18H25BN2O4/c1-16(2,3)23-15(22)21-9-8-12-10-20-11-13(14(12)21)19-24-17(4,5)18(6,7)25-19/h8-11H,1-7H3. The van der Waals surface area contributed by atoms with Gasteiger partial charge in [-0.25, -0.2) is 4.79 Å². The van der Waals surface area contributed by atoms with Gasteiger partial charge in [0.05, 0.1) is 16.7 Å². The number of carbonyl (C=O) groups is 1. The zero-order chi connectivity index (χ0) is 18.6. The number of fused-ring (bicyclic) bond motifs is 1. The van der Waals surface area contributed by atoms with E-state index in [-0.39, 0.29) is 0 Å². The Morgan fingerprint density at radius 2 is 1.76 bits per heavy atom. The molecule has 25 heavy (non-hydrogen) atoms. The average Bonchev–Trinajstić information content (AvgIpc) is 2.95. The van der Waals surface area contributed by atoms with Gasteiger partial charge < -0.3 is 14.0 Å². The maximum atomic E-state index is 12.6. The summed E-state index contributed by atoms with van der Waals surface area (Å²) in [6, 6.07) is 1.83. The van der Waals surface area contributed by atoms with Crippen LogP contribution in [-0.4, -0.2) is 39.6 Å². The number of nitrogens with zero attached hydrogens (tertiary/aromatic N) is 2. The Balaban J connectivity index is 2.06. The van der Waals surface area contributed by atoms with Crippen molar-refractivity contribution < 1.29 is 18.8 Å². The minimum atomic E-state index is -0.600. The Kier molecular flexibility index (Phi) is 4.00. The molecule has 0 bridgehead atoms. The molecule has 0 unspecified atom stereocenters. The zero-order valence-corrected chi connectivity index (χ0v) is 15.9. The predicted molar refractivity (Wildman–Crippen MR) is 97.1 cm³/mol. The van der Waals surface area contributed by atoms with Gasteiger partial charge in [0.1, 0.15) is 5.60 Å². The summed E-state index contributed by atoms with van der Waals surface area (Å²) in [6.45, 7) is 13.5. The van der Waals surface area contributed by atoms with Crippen molar-refractivity contribution in [3.05, 3.63) is 24.7 Å². The third kappa shape index (κ3) is 3.18. The fourth-order valence-electron chi connectivity index (χ4n) is 2.72. The molecule has 0 amide bonds. The molecule has 7 heteroatoms. The van der Waals surface area contributed by atoms with E-state index in [2.05, 4.69) is 4.98 Å². The van der Waals surface area contributed by atoms with Gasteiger partial charge in [-0.05, 0) is 54.5 Å². The SMILES string of the molecule is CC(C)(C)OC(=O)n1ccc2cncc(B3OC(C)(C)C(C)(C)O3)c21. The highest BCUT2D eigenvalue weighted by atomic mass is 16.7. The Morgan fingerprint density at radius 1 is 1.16 bits per heavy atom. The predicted octanol–water partition coefficient (Wildman–Crippen LogP) is 3.12. The van der Waals surface area contributed by atoms with E-state index in [1.165, 1.54) is 4.57 Å². The van der Waals surface area contributed by atoms with Crippen molar-refractivity contribution in [2.24, 2.45) is 0 Å². The summed E-state index contributed by atoms with van der Waals surface area (Å²) in [6.07, 6.45) is 4.65. The molecule has 0 aromatic carbocycles. The smallest absolute Gasteiger partial charge is 0.443 e. The van der Waals surface area contributed by atoms with Crippen molar-refractivity contribution in [1.29, 1.82) is 0 Å². The third-order valence-electron chi connectivity index (χ3n) is 4.72. The minimum Gasteiger partial charge on any atom is -0.443 e. The molecule has 1 aliphatic heterocycles. The van der Waals surface area contributed by atoms with Gasteiger partial charge in [0.2, 0.25) is 0 Å². The number of rotatable bonds is 1. The van der Waals surface area contributed by atoms with E-state index in [1.54, 1.807) is 18.6 Å². The Morgan fingerprint density at radius 3 is 2.32 bits per heavy atom. The van der Waals surface area contributed by atoms with E-state index >= 15 is 0 Å². The molecule has 2 aromatic heterocycles. The van der Waals surface area contributed by atoms with Crippen LogP contribution in [0.4, 0.5) is 4.79 Å². The average molecular weight is 344 g/mol. The van der Waals surface area contributed by atoms with E-state index in [0.717, 1.165) is 5.39 Å². The summed E-state index contributed by atoms with van der Waals surface area (Å²) in [4.78, 5) is 16.9. The molecule has 0 N–H and O–H groups in total. The summed E-state index contributed by atoms with van der Waals surface area (Å²) in [7, 11) is -0.600. The van der Waals surface area contributed by atoms with Gasteiger partial charge in [0.15, 0.2) is 0 Å². The Labute approximate surface area is 148 Å². The minimum absolute atomic E-state index is 0.438. The molecule has 3 heterocycles. The van der Waals surface area contributed by atoms with E-state index in [0.29, 0.717) is 11.0 Å². The highest BCUT2D eigenvalue weighted by Crippen LogP contribution is 2.37. The largest absolute Gasteiger partial charge is 0.498 e. The second kappa shape index (κ2) is 5.57. The lowest BCUT2D eigenvalue weighted by molar-refractivity contribution is 0.00578. The zero-order valence-electron chi connectivity index (χ0n) is 15.9. The molecule has 0 saturated carbocycles. The van der Waals surface area contributed by atoms with Gasteiger partial charge in [-0.15, -0.1) is 0 Å². The second-order valence-corrected chi connectivity index (χ2v) is 8.42. The van der Waals surface area contributed by atoms with Crippen molar-refractivity contribution in [2.75, 3.05) is 0 Å². The second-order valence-electron chi connectivity index (χ2n) is 8.42. The monoisotopic (exact) mass is 344 g/mol. The summed E-state index contributed by atoms with van der Waals surface area (Å²) < 4.78 is 19.3. The molecular weight excluding hydrogens is 319 g/mol. The van der Waals surface area contributed by atoms with Crippen LogP contribution in [0, 0.1) is 0 Å². The maximum absolute atomic E-state index is 12.6. The van der Waals surface area contributed by atoms with Crippen LogP contribution in [0.3, 0.4) is 0 Å². The van der Waals surface area contributed by atoms with Crippen molar-refractivity contribution in [1.82, 2.24) is 9.55 Å². The lowest BCUT2D eigenvalue weighted by Crippen LogP contribution is -2.41. The molecule has 134 valence electrons. The van der Waals surface area contributed by atoms with Crippen molar-refractivity contribution in [2.45, 2.75) is 65.3 Å². The molecule has 1 saturated heterocycles. The number of aromatic nitrogens is 2. The topological polar surface area (TPSA) is 62.6 Å². The van der Waals surface area contributed by atoms with Crippen LogP contribution in [0.15, 0.2) is 24.7 Å². The van der Waals surface area contributed by atoms with Crippen LogP contribution in [-0.2, 0) is 14.0 Å². The Bertz CT molecular complexity index is 804. The van der Waals surface area contributed by atoms with Crippen LogP contribution in [0.2, 0.25) is 0 Å². The summed E-state index contributed by atoms with van der Waals surface area (Å²) in [5.41, 5.74) is -0.104. The normalized spacial score (nSPS) is 19.4. The van der Waals surface area contributed by atoms with Gasteiger partial charge in [-0.3, -0.25) is 9.55 Å². The van der Waals surface area contributed by atoms with E-state index in [9.17, 15) is 4.79 Å². The lowest BCUT2D eigenvalue weighted by Gasteiger charge is -2.32. The number of ether oxygens (including phenoxy) is 1. The number of carbonyl (C=O) groups excluding carboxylic acids is 1. The van der Waals surface area contributed by atoms with Gasteiger partial charge in [0.25, 0.3) is 0 Å². The lowest BCUT2D eigenvalue weighted by atomic mass is 9.79. The van der Waals surface area contributed by atoms with Gasteiger partial charge >= 0.3 is 13.2 Å². The van der Waals surface area contributed by atoms with E-state index in [1.807, 2.05) is 54.5 Å². The number of pyridine rings is 1. The fraction of sp³-hybridized carbons (Fsp3) is 0.556. The van der Waals surface area contributed by atoms with E-state index < -0.39 is 30.0 Å². The molecule has 1 aliphatic rings. The first kappa shape index (κ1) is 18.0. The van der Waals surface area contributed by atoms with Crippen molar-refractivity contribution in [3.63, 3.8) is 0 Å². The summed E-state index contributed by atoms with van der Waals surface area (Å²) >= 11 is 0. The van der Waals surface area contributed by atoms with Gasteiger partial charge in [-0.2, -0.15) is 0 Å². The fourth-order valence-corrected chi connectivity index (χ4v) is 2.72. The first-order valence-corrected chi connectivity index (χ1v) is 8.45. The highest BCUT2D eigenvalue weighted by molar-refractivity contribution is 6.65. The van der Waals surface area contributed by atoms with Crippen molar-refractivity contribution >= 4 is 29.6 Å². The Hall–Kier alpha value is -1.86. The molecule has 3 rings (SSSR count). The quantitative estimate of drug-likeness (QED) is 0.744. The van der Waals surface area contributed by atoms with Crippen LogP contribution in [0.1, 0.15) is 48.5 Å². The van der Waals surface area contributed by atoms with Gasteiger partial charge in [0, 0.05) is 29.4 Å². The first-order chi connectivity index (χ1) is 11.4. The molecule has 2 aromatic rings. The van der Waals surface area contributed by atoms with Crippen LogP contribution >= 0.6 is 0 Å². The van der Waals surface area contributed by atoms with Crippen molar-refractivity contribution in [3.8, 4) is 0 Å². The molecule has 1 fully saturated rings. The summed E-state index contributed by atoms with van der Waals surface area (Å²) in [5, 5.41) is 0.832. The number of hydrogen-bond acceptors (Lipinski definition) is 5. The highest BCUT2D eigenvalue weighted by Gasteiger charge is 2.52. The van der Waals surface area contributed by atoms with Gasteiger partial charge in [-0.1, -0.05) is 0 Å². The first-order valence-electron chi connectivity index (χ1n) is 8.45. The molecule has 0 spiro atoms. The number of hydrogen-bond donors (Lipinski definition) is 0. The van der Waals surface area contributed by atoms with Crippen LogP contribution < -0.4 is 5.46 Å².